The summed E-state index contributed by atoms with van der Waals surface area (Å²) in [7, 11) is 1.59. The highest BCUT2D eigenvalue weighted by Gasteiger charge is 2.11. The number of hydrogen-bond acceptors (Lipinski definition) is 8. The van der Waals surface area contributed by atoms with Crippen molar-refractivity contribution in [2.75, 3.05) is 12.9 Å². The first-order chi connectivity index (χ1) is 13.5. The maximum absolute atomic E-state index is 12.0. The van der Waals surface area contributed by atoms with Crippen molar-refractivity contribution in [3.05, 3.63) is 59.7 Å². The maximum atomic E-state index is 12.0. The molecule has 3 rings (SSSR count). The van der Waals surface area contributed by atoms with Gasteiger partial charge in [0.2, 0.25) is 11.8 Å². The van der Waals surface area contributed by atoms with Gasteiger partial charge in [0.1, 0.15) is 5.75 Å². The Morgan fingerprint density at radius 1 is 1.11 bits per heavy atom. The fraction of sp³-hybridized carbons (Fsp3) is 0.158. The van der Waals surface area contributed by atoms with Gasteiger partial charge in [-0.25, -0.2) is 0 Å². The zero-order valence-electron chi connectivity index (χ0n) is 14.9. The molecule has 0 saturated carbocycles. The summed E-state index contributed by atoms with van der Waals surface area (Å²) in [4.78, 5) is 22.7. The molecule has 28 heavy (non-hydrogen) atoms. The molecule has 0 saturated heterocycles. The van der Waals surface area contributed by atoms with Gasteiger partial charge in [-0.05, 0) is 35.4 Å². The topological polar surface area (TPSA) is 117 Å². The number of carbonyl (C=O) groups excluding carboxylic acids is 2. The molecule has 0 fully saturated rings. The van der Waals surface area contributed by atoms with Crippen LogP contribution in [0.15, 0.2) is 58.2 Å². The minimum Gasteiger partial charge on any atom is -0.545 e. The van der Waals surface area contributed by atoms with E-state index in [2.05, 4.69) is 15.5 Å². The highest BCUT2D eigenvalue weighted by molar-refractivity contribution is 7.99. The standard InChI is InChI=1S/C19H17N3O5S/c1-26-15-8-6-13(7-9-15)17-21-22-19(27-17)28-11-16(23)20-10-12-2-4-14(5-3-12)18(24)25/h2-9H,10-11H2,1H3,(H,20,23)(H,24,25)/p-1. The highest BCUT2D eigenvalue weighted by atomic mass is 32.2. The smallest absolute Gasteiger partial charge is 0.277 e. The van der Waals surface area contributed by atoms with Crippen molar-refractivity contribution >= 4 is 23.6 Å². The summed E-state index contributed by atoms with van der Waals surface area (Å²) in [6.45, 7) is 0.285. The Hall–Kier alpha value is -3.33. The highest BCUT2D eigenvalue weighted by Crippen LogP contribution is 2.24. The summed E-state index contributed by atoms with van der Waals surface area (Å²) in [5.41, 5.74) is 1.63. The Kier molecular flexibility index (Phi) is 6.28. The Labute approximate surface area is 164 Å². The molecular formula is C19H16N3O5S-. The van der Waals surface area contributed by atoms with Gasteiger partial charge in [0.05, 0.1) is 18.8 Å². The average molecular weight is 398 g/mol. The molecule has 1 N–H and O–H groups in total. The van der Waals surface area contributed by atoms with E-state index in [0.29, 0.717) is 11.1 Å². The van der Waals surface area contributed by atoms with E-state index in [1.165, 1.54) is 12.1 Å². The Morgan fingerprint density at radius 3 is 2.46 bits per heavy atom. The van der Waals surface area contributed by atoms with Gasteiger partial charge in [0.25, 0.3) is 5.22 Å². The zero-order chi connectivity index (χ0) is 19.9. The van der Waals surface area contributed by atoms with Crippen molar-refractivity contribution in [1.29, 1.82) is 0 Å². The average Bonchev–Trinajstić information content (AvgIpc) is 3.20. The third-order valence-corrected chi connectivity index (χ3v) is 4.57. The number of ether oxygens (including phenoxy) is 1. The van der Waals surface area contributed by atoms with Gasteiger partial charge in [-0.15, -0.1) is 10.2 Å². The van der Waals surface area contributed by atoms with Crippen LogP contribution in [0.25, 0.3) is 11.5 Å². The number of carbonyl (C=O) groups is 2. The van der Waals surface area contributed by atoms with Crippen LogP contribution in [-0.2, 0) is 11.3 Å². The second kappa shape index (κ2) is 9.05. The van der Waals surface area contributed by atoms with E-state index in [0.717, 1.165) is 28.6 Å². The molecule has 0 atom stereocenters. The number of aromatic carboxylic acids is 1. The monoisotopic (exact) mass is 398 g/mol. The predicted molar refractivity (Wildman–Crippen MR) is 99.6 cm³/mol. The number of carboxylic acids is 1. The summed E-state index contributed by atoms with van der Waals surface area (Å²) >= 11 is 1.13. The fourth-order valence-corrected chi connectivity index (χ4v) is 2.85. The number of rotatable bonds is 8. The quantitative estimate of drug-likeness (QED) is 0.568. The van der Waals surface area contributed by atoms with Crippen molar-refractivity contribution in [3.63, 3.8) is 0 Å². The molecule has 144 valence electrons. The van der Waals surface area contributed by atoms with E-state index in [4.69, 9.17) is 9.15 Å². The SMILES string of the molecule is COc1ccc(-c2nnc(SCC(=O)NCc3ccc(C(=O)[O-])cc3)o2)cc1. The van der Waals surface area contributed by atoms with Crippen LogP contribution in [0.3, 0.4) is 0 Å². The van der Waals surface area contributed by atoms with Gasteiger partial charge < -0.3 is 24.4 Å². The molecule has 2 aromatic carbocycles. The van der Waals surface area contributed by atoms with Crippen LogP contribution >= 0.6 is 11.8 Å². The van der Waals surface area contributed by atoms with Crippen molar-refractivity contribution in [1.82, 2.24) is 15.5 Å². The van der Waals surface area contributed by atoms with Crippen LogP contribution in [0, 0.1) is 0 Å². The zero-order valence-corrected chi connectivity index (χ0v) is 15.7. The lowest BCUT2D eigenvalue weighted by Crippen LogP contribution is -2.25. The summed E-state index contributed by atoms with van der Waals surface area (Å²) in [5, 5.41) is 21.6. The van der Waals surface area contributed by atoms with Crippen molar-refractivity contribution in [3.8, 4) is 17.2 Å². The third-order valence-electron chi connectivity index (χ3n) is 3.75. The first-order valence-corrected chi connectivity index (χ1v) is 9.21. The van der Waals surface area contributed by atoms with E-state index >= 15 is 0 Å². The second-order valence-electron chi connectivity index (χ2n) is 5.65. The van der Waals surface area contributed by atoms with E-state index in [-0.39, 0.29) is 23.8 Å². The summed E-state index contributed by atoms with van der Waals surface area (Å²) < 4.78 is 10.7. The van der Waals surface area contributed by atoms with E-state index in [1.54, 1.807) is 43.5 Å². The molecule has 0 aliphatic carbocycles. The summed E-state index contributed by atoms with van der Waals surface area (Å²) in [5.74, 6) is -0.248. The number of aromatic nitrogens is 2. The van der Waals surface area contributed by atoms with Gasteiger partial charge in [0.15, 0.2) is 0 Å². The van der Waals surface area contributed by atoms with Gasteiger partial charge in [0, 0.05) is 12.1 Å². The molecule has 0 aliphatic heterocycles. The van der Waals surface area contributed by atoms with Crippen molar-refractivity contribution < 1.29 is 23.8 Å². The van der Waals surface area contributed by atoms with E-state index in [1.807, 2.05) is 0 Å². The fourth-order valence-electron chi connectivity index (χ4n) is 2.26. The normalized spacial score (nSPS) is 10.5. The summed E-state index contributed by atoms with van der Waals surface area (Å²) in [6.07, 6.45) is 0. The first kappa shape index (κ1) is 19.4. The molecule has 8 nitrogen and oxygen atoms in total. The molecular weight excluding hydrogens is 382 g/mol. The Bertz CT molecular complexity index is 954. The molecule has 0 spiro atoms. The number of nitrogens with zero attached hydrogens (tertiary/aromatic N) is 2. The van der Waals surface area contributed by atoms with E-state index in [9.17, 15) is 14.7 Å². The summed E-state index contributed by atoms with van der Waals surface area (Å²) in [6, 6.07) is 13.3. The van der Waals surface area contributed by atoms with Gasteiger partial charge >= 0.3 is 0 Å². The molecule has 1 aromatic heterocycles. The number of benzene rings is 2. The second-order valence-corrected chi connectivity index (χ2v) is 6.58. The van der Waals surface area contributed by atoms with Crippen LogP contribution in [-0.4, -0.2) is 34.9 Å². The van der Waals surface area contributed by atoms with Crippen LogP contribution in [0.1, 0.15) is 15.9 Å². The molecule has 0 aliphatic rings. The number of hydrogen-bond donors (Lipinski definition) is 1. The number of nitrogens with one attached hydrogen (secondary N) is 1. The molecule has 9 heteroatoms. The minimum atomic E-state index is -1.24. The van der Waals surface area contributed by atoms with Gasteiger partial charge in [-0.2, -0.15) is 0 Å². The first-order valence-electron chi connectivity index (χ1n) is 8.23. The number of methoxy groups -OCH3 is 1. The molecule has 0 bridgehead atoms. The van der Waals surface area contributed by atoms with Gasteiger partial charge in [-0.3, -0.25) is 4.79 Å². The number of amides is 1. The number of thioether (sulfide) groups is 1. The lowest BCUT2D eigenvalue weighted by atomic mass is 10.1. The molecule has 1 heterocycles. The molecule has 0 radical (unpaired) electrons. The molecule has 1 amide bonds. The van der Waals surface area contributed by atoms with Crippen molar-refractivity contribution in [2.45, 2.75) is 11.8 Å². The largest absolute Gasteiger partial charge is 0.545 e. The predicted octanol–water partition coefficient (Wildman–Crippen LogP) is 1.52. The van der Waals surface area contributed by atoms with E-state index < -0.39 is 5.97 Å². The maximum Gasteiger partial charge on any atom is 0.277 e. The number of carboxylic acid groups (broad SMARTS) is 1. The molecule has 0 unspecified atom stereocenters. The van der Waals surface area contributed by atoms with Crippen LogP contribution in [0.2, 0.25) is 0 Å². The van der Waals surface area contributed by atoms with Crippen LogP contribution in [0.5, 0.6) is 5.75 Å². The Morgan fingerprint density at radius 2 is 1.82 bits per heavy atom. The minimum absolute atomic E-state index is 0.0923. The van der Waals surface area contributed by atoms with Crippen LogP contribution in [0.4, 0.5) is 0 Å². The van der Waals surface area contributed by atoms with Gasteiger partial charge in [-0.1, -0.05) is 36.0 Å². The third kappa shape index (κ3) is 5.10. The molecule has 3 aromatic rings. The van der Waals surface area contributed by atoms with Crippen molar-refractivity contribution in [2.24, 2.45) is 0 Å². The Balaban J connectivity index is 1.48. The van der Waals surface area contributed by atoms with Crippen LogP contribution < -0.4 is 15.2 Å². The lowest BCUT2D eigenvalue weighted by Gasteiger charge is -2.06. The lowest BCUT2D eigenvalue weighted by molar-refractivity contribution is -0.255.